The molecule has 1 unspecified atom stereocenters. The Hall–Kier alpha value is -1.53. The molecule has 0 bridgehead atoms. The number of nitrogens with one attached hydrogen (secondary N) is 2. The van der Waals surface area contributed by atoms with E-state index in [0.29, 0.717) is 19.6 Å². The second kappa shape index (κ2) is 8.93. The first-order valence-corrected chi connectivity index (χ1v) is 9.12. The number of hydrogen-bond donors (Lipinski definition) is 3. The molecule has 2 amide bonds. The van der Waals surface area contributed by atoms with Crippen LogP contribution in [0.1, 0.15) is 18.4 Å². The topological polar surface area (TPSA) is 76.6 Å². The fraction of sp³-hybridized carbons (Fsp3) is 0.529. The minimum atomic E-state index is -0.239. The third kappa shape index (κ3) is 6.23. The summed E-state index contributed by atoms with van der Waals surface area (Å²) >= 11 is 1.74. The van der Waals surface area contributed by atoms with Crippen LogP contribution in [0.15, 0.2) is 29.2 Å². The number of primary amides is 1. The fourth-order valence-corrected chi connectivity index (χ4v) is 3.61. The van der Waals surface area contributed by atoms with Gasteiger partial charge in [-0.3, -0.25) is 9.59 Å². The van der Waals surface area contributed by atoms with E-state index in [-0.39, 0.29) is 17.7 Å². The summed E-state index contributed by atoms with van der Waals surface area (Å²) in [6.07, 6.45) is 1.81. The van der Waals surface area contributed by atoms with Crippen LogP contribution in [0, 0.1) is 12.8 Å². The zero-order valence-electron chi connectivity index (χ0n) is 13.6. The molecule has 1 saturated heterocycles. The van der Waals surface area contributed by atoms with Crippen molar-refractivity contribution >= 4 is 23.6 Å². The van der Waals surface area contributed by atoms with E-state index in [2.05, 4.69) is 36.5 Å². The molecule has 1 heterocycles. The van der Waals surface area contributed by atoms with Gasteiger partial charge >= 0.3 is 0 Å². The highest BCUT2D eigenvalue weighted by molar-refractivity contribution is 7.99. The summed E-state index contributed by atoms with van der Waals surface area (Å²) in [5, 5.41) is 2.96. The molecule has 2 atom stereocenters. The van der Waals surface area contributed by atoms with Gasteiger partial charge in [0.05, 0.1) is 19.0 Å². The first-order chi connectivity index (χ1) is 11.0. The Balaban J connectivity index is 1.63. The van der Waals surface area contributed by atoms with Gasteiger partial charge in [0.2, 0.25) is 5.91 Å². The highest BCUT2D eigenvalue weighted by Gasteiger charge is 2.28. The molecule has 1 aliphatic rings. The molecule has 6 heteroatoms. The number of thioether (sulfide) groups is 1. The van der Waals surface area contributed by atoms with Gasteiger partial charge in [0.25, 0.3) is 5.91 Å². The normalized spacial score (nSPS) is 20.9. The number of carbonyl (C=O) groups excluding carboxylic acids is 2. The molecule has 23 heavy (non-hydrogen) atoms. The number of rotatable bonds is 7. The van der Waals surface area contributed by atoms with Crippen LogP contribution in [0.4, 0.5) is 0 Å². The number of aryl methyl sites for hydroxylation is 1. The van der Waals surface area contributed by atoms with Gasteiger partial charge in [-0.15, -0.1) is 11.8 Å². The molecule has 2 rings (SSSR count). The fourth-order valence-electron chi connectivity index (χ4n) is 2.84. The maximum absolute atomic E-state index is 12.0. The van der Waals surface area contributed by atoms with Gasteiger partial charge < -0.3 is 16.0 Å². The molecule has 1 aliphatic heterocycles. The predicted octanol–water partition coefficient (Wildman–Crippen LogP) is -0.0165. The number of hydrogen-bond acceptors (Lipinski definition) is 3. The Morgan fingerprint density at radius 1 is 1.35 bits per heavy atom. The van der Waals surface area contributed by atoms with Gasteiger partial charge in [-0.1, -0.05) is 17.7 Å². The van der Waals surface area contributed by atoms with Gasteiger partial charge in [-0.2, -0.15) is 0 Å². The zero-order valence-corrected chi connectivity index (χ0v) is 14.5. The smallest absolute Gasteiger partial charge is 0.275 e. The molecule has 1 aromatic rings. The van der Waals surface area contributed by atoms with Crippen molar-refractivity contribution in [3.8, 4) is 0 Å². The second-order valence-electron chi connectivity index (χ2n) is 6.13. The van der Waals surface area contributed by atoms with Crippen molar-refractivity contribution in [1.29, 1.82) is 0 Å². The third-order valence-electron chi connectivity index (χ3n) is 4.14. The van der Waals surface area contributed by atoms with Crippen LogP contribution in [0.2, 0.25) is 0 Å². The number of benzene rings is 1. The Labute approximate surface area is 142 Å². The van der Waals surface area contributed by atoms with Crippen molar-refractivity contribution in [2.45, 2.75) is 24.7 Å². The van der Waals surface area contributed by atoms with Crippen LogP contribution in [0.25, 0.3) is 0 Å². The highest BCUT2D eigenvalue weighted by Crippen LogP contribution is 2.17. The summed E-state index contributed by atoms with van der Waals surface area (Å²) in [6, 6.07) is 8.39. The lowest BCUT2D eigenvalue weighted by Crippen LogP contribution is -3.15. The molecule has 5 nitrogen and oxygen atoms in total. The standard InChI is InChI=1S/C17H25N3O2S/c1-13-4-6-15(7-5-13)23-10-8-19-16(21)12-20-9-2-3-14(11-20)17(18)22/h4-7,14H,2-3,8-12H2,1H3,(H2,18,22)(H,19,21)/p+1/t14-/m0/s1. The van der Waals surface area contributed by atoms with Crippen molar-refractivity contribution in [3.05, 3.63) is 29.8 Å². The van der Waals surface area contributed by atoms with Gasteiger partial charge in [0, 0.05) is 17.2 Å². The van der Waals surface area contributed by atoms with E-state index < -0.39 is 0 Å². The zero-order chi connectivity index (χ0) is 16.7. The Bertz CT molecular complexity index is 533. The lowest BCUT2D eigenvalue weighted by atomic mass is 9.97. The summed E-state index contributed by atoms with van der Waals surface area (Å²) < 4.78 is 0. The largest absolute Gasteiger partial charge is 0.369 e. The number of piperidine rings is 1. The van der Waals surface area contributed by atoms with Crippen molar-refractivity contribution in [3.63, 3.8) is 0 Å². The molecular weight excluding hydrogens is 310 g/mol. The van der Waals surface area contributed by atoms with E-state index in [0.717, 1.165) is 30.0 Å². The van der Waals surface area contributed by atoms with Crippen LogP contribution in [-0.4, -0.2) is 43.7 Å². The summed E-state index contributed by atoms with van der Waals surface area (Å²) in [4.78, 5) is 25.6. The predicted molar refractivity (Wildman–Crippen MR) is 92.4 cm³/mol. The first-order valence-electron chi connectivity index (χ1n) is 8.13. The van der Waals surface area contributed by atoms with Gasteiger partial charge in [0.1, 0.15) is 0 Å². The Kier molecular flexibility index (Phi) is 6.92. The lowest BCUT2D eigenvalue weighted by Gasteiger charge is -2.27. The number of likely N-dealkylation sites (tertiary alicyclic amines) is 1. The molecular formula is C17H26N3O2S+. The van der Waals surface area contributed by atoms with Crippen molar-refractivity contribution in [2.75, 3.05) is 31.9 Å². The minimum Gasteiger partial charge on any atom is -0.369 e. The summed E-state index contributed by atoms with van der Waals surface area (Å²) in [7, 11) is 0. The maximum Gasteiger partial charge on any atom is 0.275 e. The molecule has 0 aliphatic carbocycles. The van der Waals surface area contributed by atoms with Crippen LogP contribution in [-0.2, 0) is 9.59 Å². The number of nitrogens with two attached hydrogens (primary N) is 1. The van der Waals surface area contributed by atoms with Crippen LogP contribution >= 0.6 is 11.8 Å². The van der Waals surface area contributed by atoms with Crippen LogP contribution < -0.4 is 16.0 Å². The maximum atomic E-state index is 12.0. The molecule has 0 radical (unpaired) electrons. The Morgan fingerprint density at radius 2 is 2.09 bits per heavy atom. The van der Waals surface area contributed by atoms with E-state index in [9.17, 15) is 9.59 Å². The highest BCUT2D eigenvalue weighted by atomic mass is 32.2. The molecule has 0 aromatic heterocycles. The summed E-state index contributed by atoms with van der Waals surface area (Å²) in [5.41, 5.74) is 6.62. The van der Waals surface area contributed by atoms with E-state index in [1.807, 2.05) is 0 Å². The van der Waals surface area contributed by atoms with Crippen molar-refractivity contribution < 1.29 is 14.5 Å². The molecule has 126 valence electrons. The van der Waals surface area contributed by atoms with E-state index in [1.165, 1.54) is 10.5 Å². The van der Waals surface area contributed by atoms with Gasteiger partial charge in [0.15, 0.2) is 6.54 Å². The van der Waals surface area contributed by atoms with Gasteiger partial charge in [-0.05, 0) is 31.9 Å². The van der Waals surface area contributed by atoms with Crippen molar-refractivity contribution in [1.82, 2.24) is 5.32 Å². The van der Waals surface area contributed by atoms with Crippen molar-refractivity contribution in [2.24, 2.45) is 11.7 Å². The monoisotopic (exact) mass is 336 g/mol. The average Bonchev–Trinajstić information content (AvgIpc) is 2.53. The second-order valence-corrected chi connectivity index (χ2v) is 7.30. The number of amides is 2. The number of quaternary nitrogens is 1. The quantitative estimate of drug-likeness (QED) is 0.484. The lowest BCUT2D eigenvalue weighted by molar-refractivity contribution is -0.899. The van der Waals surface area contributed by atoms with Crippen LogP contribution in [0.3, 0.4) is 0 Å². The van der Waals surface area contributed by atoms with E-state index >= 15 is 0 Å². The molecule has 1 fully saturated rings. The minimum absolute atomic E-state index is 0.0506. The molecule has 0 saturated carbocycles. The summed E-state index contributed by atoms with van der Waals surface area (Å²) in [6.45, 7) is 4.78. The third-order valence-corrected chi connectivity index (χ3v) is 5.16. The molecule has 4 N–H and O–H groups in total. The van der Waals surface area contributed by atoms with E-state index in [1.54, 1.807) is 11.8 Å². The summed E-state index contributed by atoms with van der Waals surface area (Å²) in [5.74, 6) is 0.587. The van der Waals surface area contributed by atoms with E-state index in [4.69, 9.17) is 5.73 Å². The van der Waals surface area contributed by atoms with Crippen LogP contribution in [0.5, 0.6) is 0 Å². The number of carbonyl (C=O) groups is 2. The Morgan fingerprint density at radius 3 is 2.78 bits per heavy atom. The SMILES string of the molecule is Cc1ccc(SCCNC(=O)C[NH+]2CCC[C@H](C(N)=O)C2)cc1. The first kappa shape index (κ1) is 17.8. The molecule has 1 aromatic carbocycles. The molecule has 0 spiro atoms. The van der Waals surface area contributed by atoms with Gasteiger partial charge in [-0.25, -0.2) is 0 Å². The average molecular weight is 336 g/mol.